The van der Waals surface area contributed by atoms with Crippen LogP contribution in [0.3, 0.4) is 0 Å². The lowest BCUT2D eigenvalue weighted by atomic mass is 10.0. The summed E-state index contributed by atoms with van der Waals surface area (Å²) in [6.07, 6.45) is 1.94. The topological polar surface area (TPSA) is 35.8 Å². The molecule has 3 heteroatoms. The zero-order valence-corrected chi connectivity index (χ0v) is 12.5. The van der Waals surface area contributed by atoms with Crippen LogP contribution in [0, 0.1) is 11.3 Å². The highest BCUT2D eigenvalue weighted by atomic mass is 35.5. The van der Waals surface area contributed by atoms with Crippen LogP contribution in [0.25, 0.3) is 0 Å². The van der Waals surface area contributed by atoms with Crippen LogP contribution in [0.1, 0.15) is 30.5 Å². The second-order valence-electron chi connectivity index (χ2n) is 4.59. The van der Waals surface area contributed by atoms with Crippen molar-refractivity contribution in [2.24, 2.45) is 0 Å². The number of rotatable bonds is 4. The van der Waals surface area contributed by atoms with Gasteiger partial charge in [-0.3, -0.25) is 0 Å². The van der Waals surface area contributed by atoms with Crippen LogP contribution in [0.5, 0.6) is 0 Å². The number of aryl methyl sites for hydroxylation is 2. The monoisotopic (exact) mass is 284 g/mol. The lowest BCUT2D eigenvalue weighted by Crippen LogP contribution is -2.00. The molecule has 2 nitrogen and oxygen atoms in total. The van der Waals surface area contributed by atoms with Gasteiger partial charge in [-0.2, -0.15) is 5.26 Å². The molecule has 0 saturated carbocycles. The third-order valence-electron chi connectivity index (χ3n) is 3.36. The summed E-state index contributed by atoms with van der Waals surface area (Å²) in [6.45, 7) is 4.29. The molecule has 2 aromatic rings. The first-order chi connectivity index (χ1) is 9.69. The molecule has 0 spiro atoms. The first-order valence-corrected chi connectivity index (χ1v) is 7.14. The second-order valence-corrected chi connectivity index (χ2v) is 5.00. The van der Waals surface area contributed by atoms with Crippen molar-refractivity contribution < 1.29 is 0 Å². The van der Waals surface area contributed by atoms with E-state index in [-0.39, 0.29) is 0 Å². The summed E-state index contributed by atoms with van der Waals surface area (Å²) in [5.41, 5.74) is 5.12. The van der Waals surface area contributed by atoms with Gasteiger partial charge in [0.1, 0.15) is 6.07 Å². The summed E-state index contributed by atoms with van der Waals surface area (Å²) in [5, 5.41) is 12.8. The van der Waals surface area contributed by atoms with Crippen molar-refractivity contribution in [3.8, 4) is 6.07 Å². The minimum Gasteiger partial charge on any atom is -0.355 e. The molecule has 0 saturated heterocycles. The van der Waals surface area contributed by atoms with E-state index >= 15 is 0 Å². The maximum absolute atomic E-state index is 8.91. The van der Waals surface area contributed by atoms with Gasteiger partial charge in [0.15, 0.2) is 0 Å². The van der Waals surface area contributed by atoms with Crippen molar-refractivity contribution >= 4 is 23.0 Å². The largest absolute Gasteiger partial charge is 0.355 e. The number of nitrogens with one attached hydrogen (secondary N) is 1. The maximum atomic E-state index is 8.91. The number of nitriles is 1. The Balaban J connectivity index is 2.39. The van der Waals surface area contributed by atoms with Crippen LogP contribution in [-0.4, -0.2) is 0 Å². The average Bonchev–Trinajstić information content (AvgIpc) is 2.47. The van der Waals surface area contributed by atoms with E-state index in [4.69, 9.17) is 16.9 Å². The zero-order valence-electron chi connectivity index (χ0n) is 11.7. The number of hydrogen-bond donors (Lipinski definition) is 1. The molecule has 0 heterocycles. The number of anilines is 2. The summed E-state index contributed by atoms with van der Waals surface area (Å²) >= 11 is 6.08. The van der Waals surface area contributed by atoms with Gasteiger partial charge in [0, 0.05) is 11.4 Å². The molecule has 20 heavy (non-hydrogen) atoms. The molecule has 0 aliphatic rings. The van der Waals surface area contributed by atoms with Gasteiger partial charge in [-0.05, 0) is 42.2 Å². The lowest BCUT2D eigenvalue weighted by molar-refractivity contribution is 1.09. The van der Waals surface area contributed by atoms with Gasteiger partial charge in [0.25, 0.3) is 0 Å². The SMILES string of the molecule is CCc1cccc(CC)c1Nc1ccc(C#N)c(Cl)c1. The molecule has 0 bridgehead atoms. The van der Waals surface area contributed by atoms with Gasteiger partial charge < -0.3 is 5.32 Å². The standard InChI is InChI=1S/C17H17ClN2/c1-3-12-6-5-7-13(4-2)17(12)20-15-9-8-14(11-19)16(18)10-15/h5-10,20H,3-4H2,1-2H3. The molecule has 0 radical (unpaired) electrons. The molecule has 0 amide bonds. The first-order valence-electron chi connectivity index (χ1n) is 6.77. The Bertz CT molecular complexity index is 634. The highest BCUT2D eigenvalue weighted by molar-refractivity contribution is 6.32. The number of para-hydroxylation sites is 1. The van der Waals surface area contributed by atoms with Crippen LogP contribution in [0.2, 0.25) is 5.02 Å². The van der Waals surface area contributed by atoms with E-state index in [2.05, 4.69) is 43.4 Å². The zero-order chi connectivity index (χ0) is 14.5. The highest BCUT2D eigenvalue weighted by Crippen LogP contribution is 2.28. The maximum Gasteiger partial charge on any atom is 0.101 e. The summed E-state index contributed by atoms with van der Waals surface area (Å²) < 4.78 is 0. The fourth-order valence-corrected chi connectivity index (χ4v) is 2.45. The normalized spacial score (nSPS) is 10.1. The fourth-order valence-electron chi connectivity index (χ4n) is 2.23. The van der Waals surface area contributed by atoms with Gasteiger partial charge in [-0.15, -0.1) is 0 Å². The second kappa shape index (κ2) is 6.45. The van der Waals surface area contributed by atoms with E-state index < -0.39 is 0 Å². The van der Waals surface area contributed by atoms with E-state index in [1.807, 2.05) is 6.07 Å². The molecule has 2 rings (SSSR count). The van der Waals surface area contributed by atoms with Gasteiger partial charge >= 0.3 is 0 Å². The van der Waals surface area contributed by atoms with E-state index in [9.17, 15) is 0 Å². The quantitative estimate of drug-likeness (QED) is 0.850. The third-order valence-corrected chi connectivity index (χ3v) is 3.67. The van der Waals surface area contributed by atoms with Crippen LogP contribution >= 0.6 is 11.6 Å². The van der Waals surface area contributed by atoms with Gasteiger partial charge in [0.2, 0.25) is 0 Å². The molecule has 2 aromatic carbocycles. The summed E-state index contributed by atoms with van der Waals surface area (Å²) in [7, 11) is 0. The summed E-state index contributed by atoms with van der Waals surface area (Å²) in [5.74, 6) is 0. The predicted octanol–water partition coefficient (Wildman–Crippen LogP) is 5.08. The highest BCUT2D eigenvalue weighted by Gasteiger charge is 2.07. The molecule has 0 aliphatic heterocycles. The molecular formula is C17H17ClN2. The van der Waals surface area contributed by atoms with Crippen molar-refractivity contribution in [3.63, 3.8) is 0 Å². The average molecular weight is 285 g/mol. The molecule has 1 N–H and O–H groups in total. The third kappa shape index (κ3) is 2.95. The number of halogens is 1. The van der Waals surface area contributed by atoms with Crippen molar-refractivity contribution in [2.45, 2.75) is 26.7 Å². The van der Waals surface area contributed by atoms with Gasteiger partial charge in [-0.25, -0.2) is 0 Å². The molecule has 0 atom stereocenters. The predicted molar refractivity (Wildman–Crippen MR) is 84.6 cm³/mol. The van der Waals surface area contributed by atoms with Crippen molar-refractivity contribution in [3.05, 3.63) is 58.1 Å². The van der Waals surface area contributed by atoms with Crippen LogP contribution in [0.4, 0.5) is 11.4 Å². The minimum absolute atomic E-state index is 0.476. The Hall–Kier alpha value is -1.98. The molecule has 0 aromatic heterocycles. The number of hydrogen-bond acceptors (Lipinski definition) is 2. The van der Waals surface area contributed by atoms with Crippen LogP contribution < -0.4 is 5.32 Å². The Kier molecular flexibility index (Phi) is 4.65. The van der Waals surface area contributed by atoms with Crippen LogP contribution in [0.15, 0.2) is 36.4 Å². The van der Waals surface area contributed by atoms with Gasteiger partial charge in [0.05, 0.1) is 10.6 Å². The van der Waals surface area contributed by atoms with Gasteiger partial charge in [-0.1, -0.05) is 43.6 Å². The minimum atomic E-state index is 0.476. The Labute approximate surface area is 125 Å². The smallest absolute Gasteiger partial charge is 0.101 e. The Morgan fingerprint density at radius 2 is 1.75 bits per heavy atom. The Morgan fingerprint density at radius 1 is 1.10 bits per heavy atom. The summed E-state index contributed by atoms with van der Waals surface area (Å²) in [4.78, 5) is 0. The van der Waals surface area contributed by atoms with E-state index in [1.54, 1.807) is 12.1 Å². The van der Waals surface area contributed by atoms with Crippen molar-refractivity contribution in [2.75, 3.05) is 5.32 Å². The first kappa shape index (κ1) is 14.4. The van der Waals surface area contributed by atoms with E-state index in [0.29, 0.717) is 10.6 Å². The van der Waals surface area contributed by atoms with Crippen LogP contribution in [-0.2, 0) is 12.8 Å². The number of nitrogens with zero attached hydrogens (tertiary/aromatic N) is 1. The molecule has 0 unspecified atom stereocenters. The molecular weight excluding hydrogens is 268 g/mol. The number of benzene rings is 2. The molecule has 0 aliphatic carbocycles. The fraction of sp³-hybridized carbons (Fsp3) is 0.235. The lowest BCUT2D eigenvalue weighted by Gasteiger charge is -2.15. The summed E-state index contributed by atoms with van der Waals surface area (Å²) in [6, 6.07) is 13.9. The van der Waals surface area contributed by atoms with E-state index in [0.717, 1.165) is 24.2 Å². The van der Waals surface area contributed by atoms with Crippen molar-refractivity contribution in [1.82, 2.24) is 0 Å². The molecule has 0 fully saturated rings. The van der Waals surface area contributed by atoms with Crippen molar-refractivity contribution in [1.29, 1.82) is 5.26 Å². The Morgan fingerprint density at radius 3 is 2.25 bits per heavy atom. The molecule has 102 valence electrons. The van der Waals surface area contributed by atoms with E-state index in [1.165, 1.54) is 11.1 Å².